The van der Waals surface area contributed by atoms with Crippen molar-refractivity contribution in [2.24, 2.45) is 0 Å². The van der Waals surface area contributed by atoms with E-state index in [-0.39, 0.29) is 0 Å². The Morgan fingerprint density at radius 3 is 2.21 bits per heavy atom. The van der Waals surface area contributed by atoms with Gasteiger partial charge in [-0.15, -0.1) is 0 Å². The molecule has 0 spiro atoms. The summed E-state index contributed by atoms with van der Waals surface area (Å²) in [6.07, 6.45) is 3.05. The van der Waals surface area contributed by atoms with Crippen molar-refractivity contribution in [2.45, 2.75) is 44.9 Å². The largest absolute Gasteiger partial charge is 0.243 e. The minimum atomic E-state index is -3.36. The lowest BCUT2D eigenvalue weighted by molar-refractivity contribution is 0.346. The molecule has 1 fully saturated rings. The molecule has 0 aliphatic carbocycles. The number of halogens is 1. The quantitative estimate of drug-likeness (QED) is 0.821. The molecule has 0 unspecified atom stereocenters. The molecule has 1 heterocycles. The number of benzene rings is 1. The van der Waals surface area contributed by atoms with Gasteiger partial charge in [-0.2, -0.15) is 4.31 Å². The van der Waals surface area contributed by atoms with E-state index >= 15 is 0 Å². The van der Waals surface area contributed by atoms with Crippen molar-refractivity contribution >= 4 is 26.0 Å². The van der Waals surface area contributed by atoms with E-state index in [2.05, 4.69) is 15.9 Å². The predicted octanol–water partition coefficient (Wildman–Crippen LogP) is 3.55. The summed E-state index contributed by atoms with van der Waals surface area (Å²) in [5.41, 5.74) is 2.74. The highest BCUT2D eigenvalue weighted by Crippen LogP contribution is 2.32. The summed E-state index contributed by atoms with van der Waals surface area (Å²) in [7, 11) is -3.36. The van der Waals surface area contributed by atoms with Crippen LogP contribution in [0.1, 0.15) is 36.0 Å². The van der Waals surface area contributed by atoms with Gasteiger partial charge in [-0.3, -0.25) is 0 Å². The molecule has 5 heteroatoms. The fourth-order valence-electron chi connectivity index (χ4n) is 2.78. The molecule has 2 rings (SSSR count). The first-order valence-corrected chi connectivity index (χ1v) is 8.85. The van der Waals surface area contributed by atoms with Gasteiger partial charge in [-0.25, -0.2) is 8.42 Å². The van der Waals surface area contributed by atoms with Crippen LogP contribution in [-0.4, -0.2) is 25.8 Å². The second-order valence-corrected chi connectivity index (χ2v) is 7.91. The molecule has 1 aliphatic rings. The zero-order valence-electron chi connectivity index (χ0n) is 11.7. The maximum Gasteiger partial charge on any atom is 0.243 e. The molecule has 0 bridgehead atoms. The van der Waals surface area contributed by atoms with E-state index in [4.69, 9.17) is 0 Å². The molecule has 1 aromatic rings. The second-order valence-electron chi connectivity index (χ2n) is 5.24. The Morgan fingerprint density at radius 1 is 1.05 bits per heavy atom. The molecular weight excluding hydrogens is 326 g/mol. The standard InChI is InChI=1S/C14H20BrNO2S/c1-10-9-11(2)14(12(3)13(10)15)19(17,18)16-7-5-4-6-8-16/h9H,4-8H2,1-3H3. The van der Waals surface area contributed by atoms with Gasteiger partial charge in [0.2, 0.25) is 10.0 Å². The van der Waals surface area contributed by atoms with Crippen LogP contribution < -0.4 is 0 Å². The molecule has 0 atom stereocenters. The van der Waals surface area contributed by atoms with Crippen molar-refractivity contribution < 1.29 is 8.42 Å². The maximum atomic E-state index is 12.8. The van der Waals surface area contributed by atoms with Gasteiger partial charge in [0.25, 0.3) is 0 Å². The summed E-state index contributed by atoms with van der Waals surface area (Å²) in [4.78, 5) is 0.479. The minimum absolute atomic E-state index is 0.479. The van der Waals surface area contributed by atoms with Crippen molar-refractivity contribution in [3.05, 3.63) is 27.2 Å². The molecule has 0 saturated carbocycles. The first-order valence-electron chi connectivity index (χ1n) is 6.62. The van der Waals surface area contributed by atoms with Crippen molar-refractivity contribution in [1.29, 1.82) is 0 Å². The third-order valence-electron chi connectivity index (χ3n) is 3.72. The van der Waals surface area contributed by atoms with E-state index in [0.717, 1.165) is 40.4 Å². The first-order chi connectivity index (χ1) is 8.85. The van der Waals surface area contributed by atoms with Crippen LogP contribution in [-0.2, 0) is 10.0 Å². The fourth-order valence-corrected chi connectivity index (χ4v) is 5.17. The van der Waals surface area contributed by atoms with Crippen LogP contribution >= 0.6 is 15.9 Å². The number of hydrogen-bond donors (Lipinski definition) is 0. The molecule has 3 nitrogen and oxygen atoms in total. The van der Waals surface area contributed by atoms with Crippen LogP contribution in [0.4, 0.5) is 0 Å². The number of aryl methyl sites for hydroxylation is 2. The van der Waals surface area contributed by atoms with Crippen molar-refractivity contribution in [3.63, 3.8) is 0 Å². The lowest BCUT2D eigenvalue weighted by atomic mass is 10.1. The van der Waals surface area contributed by atoms with Gasteiger partial charge in [0.05, 0.1) is 4.90 Å². The number of piperidine rings is 1. The maximum absolute atomic E-state index is 12.8. The topological polar surface area (TPSA) is 37.4 Å². The van der Waals surface area contributed by atoms with Crippen LogP contribution in [0.25, 0.3) is 0 Å². The Kier molecular flexibility index (Phi) is 4.38. The first kappa shape index (κ1) is 15.0. The molecule has 1 aromatic carbocycles. The molecule has 0 aromatic heterocycles. The summed E-state index contributed by atoms with van der Waals surface area (Å²) in [6.45, 7) is 7.03. The Balaban J connectivity index is 2.54. The van der Waals surface area contributed by atoms with E-state index in [1.165, 1.54) is 0 Å². The van der Waals surface area contributed by atoms with Gasteiger partial charge in [0, 0.05) is 17.6 Å². The zero-order valence-corrected chi connectivity index (χ0v) is 14.1. The monoisotopic (exact) mass is 345 g/mol. The number of hydrogen-bond acceptors (Lipinski definition) is 2. The number of rotatable bonds is 2. The Labute approximate surface area is 124 Å². The second kappa shape index (κ2) is 5.54. The molecule has 106 valence electrons. The van der Waals surface area contributed by atoms with Crippen LogP contribution in [0.2, 0.25) is 0 Å². The summed E-state index contributed by atoms with van der Waals surface area (Å²) in [5, 5.41) is 0. The van der Waals surface area contributed by atoms with Gasteiger partial charge in [0.15, 0.2) is 0 Å². The van der Waals surface area contributed by atoms with Gasteiger partial charge in [-0.05, 0) is 50.3 Å². The normalized spacial score (nSPS) is 17.7. The van der Waals surface area contributed by atoms with Gasteiger partial charge >= 0.3 is 0 Å². The highest BCUT2D eigenvalue weighted by molar-refractivity contribution is 9.10. The van der Waals surface area contributed by atoms with E-state index in [0.29, 0.717) is 18.0 Å². The van der Waals surface area contributed by atoms with Crippen molar-refractivity contribution in [3.8, 4) is 0 Å². The van der Waals surface area contributed by atoms with Crippen LogP contribution in [0.15, 0.2) is 15.4 Å². The van der Waals surface area contributed by atoms with Crippen molar-refractivity contribution in [1.82, 2.24) is 4.31 Å². The molecule has 19 heavy (non-hydrogen) atoms. The van der Waals surface area contributed by atoms with E-state index < -0.39 is 10.0 Å². The molecule has 1 saturated heterocycles. The predicted molar refractivity (Wildman–Crippen MR) is 81.0 cm³/mol. The lowest BCUT2D eigenvalue weighted by Gasteiger charge is -2.27. The average Bonchev–Trinajstić information content (AvgIpc) is 2.37. The summed E-state index contributed by atoms with van der Waals surface area (Å²) in [5.74, 6) is 0. The third kappa shape index (κ3) is 2.73. The Bertz CT molecular complexity index is 590. The third-order valence-corrected chi connectivity index (χ3v) is 7.13. The smallest absolute Gasteiger partial charge is 0.207 e. The molecule has 0 N–H and O–H groups in total. The van der Waals surface area contributed by atoms with E-state index in [1.54, 1.807) is 4.31 Å². The van der Waals surface area contributed by atoms with E-state index in [1.807, 2.05) is 26.8 Å². The summed E-state index contributed by atoms with van der Waals surface area (Å²) in [6, 6.07) is 1.94. The van der Waals surface area contributed by atoms with Crippen LogP contribution in [0.3, 0.4) is 0 Å². The molecule has 1 aliphatic heterocycles. The van der Waals surface area contributed by atoms with Crippen LogP contribution in [0, 0.1) is 20.8 Å². The average molecular weight is 346 g/mol. The Hall–Kier alpha value is -0.390. The van der Waals surface area contributed by atoms with Gasteiger partial charge < -0.3 is 0 Å². The van der Waals surface area contributed by atoms with E-state index in [9.17, 15) is 8.42 Å². The molecule has 0 radical (unpaired) electrons. The number of sulfonamides is 1. The fraction of sp³-hybridized carbons (Fsp3) is 0.571. The number of nitrogens with zero attached hydrogens (tertiary/aromatic N) is 1. The molecule has 0 amide bonds. The summed E-state index contributed by atoms with van der Waals surface area (Å²) >= 11 is 3.50. The van der Waals surface area contributed by atoms with Gasteiger partial charge in [-0.1, -0.05) is 28.4 Å². The summed E-state index contributed by atoms with van der Waals surface area (Å²) < 4.78 is 28.1. The highest BCUT2D eigenvalue weighted by Gasteiger charge is 2.29. The molecular formula is C14H20BrNO2S. The van der Waals surface area contributed by atoms with Crippen molar-refractivity contribution in [2.75, 3.05) is 13.1 Å². The van der Waals surface area contributed by atoms with Gasteiger partial charge in [0.1, 0.15) is 0 Å². The zero-order chi connectivity index (χ0) is 14.2. The van der Waals surface area contributed by atoms with Crippen LogP contribution in [0.5, 0.6) is 0 Å². The minimum Gasteiger partial charge on any atom is -0.207 e. The Morgan fingerprint density at radius 2 is 1.63 bits per heavy atom. The SMILES string of the molecule is Cc1cc(C)c(S(=O)(=O)N2CCCCC2)c(C)c1Br. The lowest BCUT2D eigenvalue weighted by Crippen LogP contribution is -2.36. The highest BCUT2D eigenvalue weighted by atomic mass is 79.9.